The number of nitrogens with zero attached hydrogens (tertiary/aromatic N) is 4. The topological polar surface area (TPSA) is 106 Å². The Kier molecular flexibility index (Phi) is 4.98. The van der Waals surface area contributed by atoms with Crippen molar-refractivity contribution in [2.45, 2.75) is 13.3 Å². The fourth-order valence-corrected chi connectivity index (χ4v) is 2.57. The largest absolute Gasteiger partial charge is 0.380 e. The summed E-state index contributed by atoms with van der Waals surface area (Å²) >= 11 is 0. The summed E-state index contributed by atoms with van der Waals surface area (Å²) < 4.78 is 0. The number of rotatable bonds is 7. The van der Waals surface area contributed by atoms with Crippen molar-refractivity contribution in [1.29, 1.82) is 0 Å². The van der Waals surface area contributed by atoms with Crippen LogP contribution in [0.15, 0.2) is 42.9 Å². The van der Waals surface area contributed by atoms with Crippen molar-refractivity contribution >= 4 is 28.1 Å². The average molecular weight is 338 g/mol. The van der Waals surface area contributed by atoms with E-state index >= 15 is 0 Å². The Labute approximate surface area is 144 Å². The molecule has 0 radical (unpaired) electrons. The minimum absolute atomic E-state index is 0.0110. The molecule has 0 spiro atoms. The molecule has 0 bridgehead atoms. The summed E-state index contributed by atoms with van der Waals surface area (Å²) in [5.74, 6) is 0.576. The third kappa shape index (κ3) is 3.79. The third-order valence-corrected chi connectivity index (χ3v) is 3.72. The normalized spacial score (nSPS) is 10.6. The first-order valence-corrected chi connectivity index (χ1v) is 8.00. The summed E-state index contributed by atoms with van der Waals surface area (Å²) in [6.07, 6.45) is 3.93. The van der Waals surface area contributed by atoms with E-state index in [9.17, 15) is 10.1 Å². The van der Waals surface area contributed by atoms with Crippen LogP contribution in [-0.4, -0.2) is 33.0 Å². The Bertz CT molecular complexity index is 885. The number of nitrogens with one attached hydrogen (secondary N) is 2. The van der Waals surface area contributed by atoms with Crippen LogP contribution in [-0.2, 0) is 6.42 Å². The van der Waals surface area contributed by atoms with Crippen LogP contribution < -0.4 is 10.6 Å². The first kappa shape index (κ1) is 16.6. The van der Waals surface area contributed by atoms with Crippen LogP contribution in [0.25, 0.3) is 10.9 Å². The molecule has 3 aromatic rings. The number of hydrogen-bond acceptors (Lipinski definition) is 7. The number of benzene rings is 1. The molecule has 8 nitrogen and oxygen atoms in total. The number of anilines is 2. The second kappa shape index (κ2) is 7.52. The molecule has 0 aliphatic carbocycles. The van der Waals surface area contributed by atoms with Crippen molar-refractivity contribution in [2.75, 3.05) is 23.7 Å². The Balaban J connectivity index is 1.87. The van der Waals surface area contributed by atoms with Crippen molar-refractivity contribution in [2.24, 2.45) is 0 Å². The molecule has 0 fully saturated rings. The zero-order chi connectivity index (χ0) is 17.6. The van der Waals surface area contributed by atoms with Crippen molar-refractivity contribution in [3.63, 3.8) is 0 Å². The summed E-state index contributed by atoms with van der Waals surface area (Å²) in [6.45, 7) is 3.09. The smallest absolute Gasteiger partial charge is 0.293 e. The predicted octanol–water partition coefficient (Wildman–Crippen LogP) is 3.02. The highest BCUT2D eigenvalue weighted by molar-refractivity contribution is 5.94. The summed E-state index contributed by atoms with van der Waals surface area (Å²) in [5.41, 5.74) is 2.08. The SMILES string of the molecule is CCNc1cc2ncnc(NCCc3ccccn3)c2cc1[N+](=O)[O-]. The van der Waals surface area contributed by atoms with Gasteiger partial charge in [-0.15, -0.1) is 0 Å². The molecule has 2 aromatic heterocycles. The van der Waals surface area contributed by atoms with Gasteiger partial charge in [0.2, 0.25) is 0 Å². The highest BCUT2D eigenvalue weighted by atomic mass is 16.6. The van der Waals surface area contributed by atoms with Gasteiger partial charge in [0.05, 0.1) is 10.4 Å². The number of aromatic nitrogens is 3. The summed E-state index contributed by atoms with van der Waals surface area (Å²) in [7, 11) is 0. The van der Waals surface area contributed by atoms with E-state index in [0.717, 1.165) is 12.1 Å². The fraction of sp³-hybridized carbons (Fsp3) is 0.235. The van der Waals surface area contributed by atoms with E-state index in [-0.39, 0.29) is 5.69 Å². The monoisotopic (exact) mass is 338 g/mol. The minimum atomic E-state index is -0.401. The summed E-state index contributed by atoms with van der Waals surface area (Å²) in [4.78, 5) is 23.7. The predicted molar refractivity (Wildman–Crippen MR) is 96.8 cm³/mol. The lowest BCUT2D eigenvalue weighted by molar-refractivity contribution is -0.383. The van der Waals surface area contributed by atoms with Gasteiger partial charge in [0.1, 0.15) is 17.8 Å². The zero-order valence-electron chi connectivity index (χ0n) is 13.8. The second-order valence-electron chi connectivity index (χ2n) is 5.39. The Hall–Kier alpha value is -3.29. The van der Waals surface area contributed by atoms with Gasteiger partial charge in [-0.25, -0.2) is 9.97 Å². The Morgan fingerprint density at radius 1 is 1.16 bits per heavy atom. The van der Waals surface area contributed by atoms with Gasteiger partial charge in [-0.05, 0) is 25.1 Å². The number of pyridine rings is 1. The van der Waals surface area contributed by atoms with E-state index in [0.29, 0.717) is 35.5 Å². The van der Waals surface area contributed by atoms with Gasteiger partial charge in [0, 0.05) is 42.9 Å². The Morgan fingerprint density at radius 3 is 2.76 bits per heavy atom. The highest BCUT2D eigenvalue weighted by Gasteiger charge is 2.17. The third-order valence-electron chi connectivity index (χ3n) is 3.72. The fourth-order valence-electron chi connectivity index (χ4n) is 2.57. The molecule has 2 heterocycles. The summed E-state index contributed by atoms with van der Waals surface area (Å²) in [5, 5.41) is 18.2. The van der Waals surface area contributed by atoms with E-state index in [1.165, 1.54) is 12.4 Å². The molecule has 0 atom stereocenters. The van der Waals surface area contributed by atoms with E-state index in [4.69, 9.17) is 0 Å². The molecule has 3 rings (SSSR count). The second-order valence-corrected chi connectivity index (χ2v) is 5.39. The molecule has 1 aromatic carbocycles. The molecular formula is C17H18N6O2. The molecule has 0 saturated heterocycles. The molecule has 8 heteroatoms. The van der Waals surface area contributed by atoms with E-state index in [2.05, 4.69) is 25.6 Å². The van der Waals surface area contributed by atoms with Crippen LogP contribution in [0.2, 0.25) is 0 Å². The molecule has 128 valence electrons. The average Bonchev–Trinajstić information content (AvgIpc) is 2.62. The highest BCUT2D eigenvalue weighted by Crippen LogP contribution is 2.31. The van der Waals surface area contributed by atoms with Crippen molar-refractivity contribution < 1.29 is 4.92 Å². The number of nitro benzene ring substituents is 1. The zero-order valence-corrected chi connectivity index (χ0v) is 13.8. The van der Waals surface area contributed by atoms with Crippen LogP contribution in [0.3, 0.4) is 0 Å². The lowest BCUT2D eigenvalue weighted by atomic mass is 10.1. The van der Waals surface area contributed by atoms with E-state index < -0.39 is 4.92 Å². The molecule has 2 N–H and O–H groups in total. The van der Waals surface area contributed by atoms with E-state index in [1.54, 1.807) is 12.3 Å². The first-order valence-electron chi connectivity index (χ1n) is 8.00. The molecule has 0 saturated carbocycles. The van der Waals surface area contributed by atoms with Crippen LogP contribution in [0.1, 0.15) is 12.6 Å². The van der Waals surface area contributed by atoms with Crippen molar-refractivity contribution in [3.05, 3.63) is 58.7 Å². The molecule has 0 aliphatic heterocycles. The molecule has 25 heavy (non-hydrogen) atoms. The van der Waals surface area contributed by atoms with Gasteiger partial charge in [0.25, 0.3) is 5.69 Å². The number of hydrogen-bond donors (Lipinski definition) is 2. The minimum Gasteiger partial charge on any atom is -0.380 e. The number of nitro groups is 1. The van der Waals surface area contributed by atoms with Gasteiger partial charge in [-0.3, -0.25) is 15.1 Å². The van der Waals surface area contributed by atoms with Crippen molar-refractivity contribution in [1.82, 2.24) is 15.0 Å². The van der Waals surface area contributed by atoms with Gasteiger partial charge in [-0.2, -0.15) is 0 Å². The molecular weight excluding hydrogens is 320 g/mol. The van der Waals surface area contributed by atoms with Gasteiger partial charge in [-0.1, -0.05) is 6.07 Å². The van der Waals surface area contributed by atoms with Crippen LogP contribution in [0.4, 0.5) is 17.2 Å². The van der Waals surface area contributed by atoms with Crippen molar-refractivity contribution in [3.8, 4) is 0 Å². The molecule has 0 unspecified atom stereocenters. The van der Waals surface area contributed by atoms with E-state index in [1.807, 2.05) is 25.1 Å². The molecule has 0 amide bonds. The maximum Gasteiger partial charge on any atom is 0.293 e. The van der Waals surface area contributed by atoms with Gasteiger partial charge < -0.3 is 10.6 Å². The van der Waals surface area contributed by atoms with Crippen LogP contribution in [0.5, 0.6) is 0 Å². The quantitative estimate of drug-likeness (QED) is 0.504. The van der Waals surface area contributed by atoms with Gasteiger partial charge >= 0.3 is 0 Å². The maximum absolute atomic E-state index is 11.3. The van der Waals surface area contributed by atoms with Crippen LogP contribution >= 0.6 is 0 Å². The first-order chi connectivity index (χ1) is 12.2. The molecule has 0 aliphatic rings. The van der Waals surface area contributed by atoms with Gasteiger partial charge in [0.15, 0.2) is 0 Å². The lowest BCUT2D eigenvalue weighted by Crippen LogP contribution is -2.08. The van der Waals surface area contributed by atoms with Crippen LogP contribution in [0, 0.1) is 10.1 Å². The Morgan fingerprint density at radius 2 is 2.04 bits per heavy atom. The standard InChI is InChI=1S/C17H18N6O2/c1-2-18-15-10-14-13(9-16(15)23(24)25)17(22-11-21-14)20-8-6-12-5-3-4-7-19-12/h3-5,7,9-11,18H,2,6,8H2,1H3,(H,20,21,22). The summed E-state index contributed by atoms with van der Waals surface area (Å²) in [6, 6.07) is 8.95. The maximum atomic E-state index is 11.3. The number of fused-ring (bicyclic) bond motifs is 1. The lowest BCUT2D eigenvalue weighted by Gasteiger charge is -2.10.